The fourth-order valence-electron chi connectivity index (χ4n) is 3.64. The molecule has 1 aromatic heterocycles. The van der Waals surface area contributed by atoms with Gasteiger partial charge in [-0.2, -0.15) is 13.2 Å². The van der Waals surface area contributed by atoms with Gasteiger partial charge in [0.15, 0.2) is 0 Å². The van der Waals surface area contributed by atoms with Crippen LogP contribution in [0.1, 0.15) is 52.0 Å². The summed E-state index contributed by atoms with van der Waals surface area (Å²) in [6.45, 7) is 3.39. The molecule has 8 heteroatoms. The van der Waals surface area contributed by atoms with Crippen LogP contribution in [0.5, 0.6) is 0 Å². The molecule has 0 spiro atoms. The van der Waals surface area contributed by atoms with E-state index in [1.165, 1.54) is 17.4 Å². The lowest BCUT2D eigenvalue weighted by atomic mass is 9.92. The monoisotopic (exact) mass is 438 g/mol. The van der Waals surface area contributed by atoms with E-state index < -0.39 is 11.7 Å². The molecule has 1 aliphatic rings. The zero-order chi connectivity index (χ0) is 21.7. The fourth-order valence-corrected chi connectivity index (χ4v) is 4.53. The smallest absolute Gasteiger partial charge is 0.352 e. The standard InChI is InChI=1S/C22H25F3N2O2S/c1-15-9-12-30-20(15)21(29)27-10-7-16(8-11-27)5-6-19(28)26-14-17-3-2-4-18(13-17)22(23,24)25/h2-4,9,12-13,16H,5-8,10-11,14H2,1H3,(H,26,28). The van der Waals surface area contributed by atoms with Crippen LogP contribution in [0.15, 0.2) is 35.7 Å². The number of hydrogen-bond donors (Lipinski definition) is 1. The molecule has 162 valence electrons. The Morgan fingerprint density at radius 1 is 1.20 bits per heavy atom. The first-order valence-electron chi connectivity index (χ1n) is 10.00. The molecule has 0 unspecified atom stereocenters. The minimum Gasteiger partial charge on any atom is -0.352 e. The summed E-state index contributed by atoms with van der Waals surface area (Å²) in [5.41, 5.74) is 0.715. The Morgan fingerprint density at radius 3 is 2.57 bits per heavy atom. The van der Waals surface area contributed by atoms with E-state index >= 15 is 0 Å². The third-order valence-electron chi connectivity index (χ3n) is 5.48. The molecule has 0 radical (unpaired) electrons. The number of thiophene rings is 1. The van der Waals surface area contributed by atoms with Crippen LogP contribution in [-0.2, 0) is 17.5 Å². The van der Waals surface area contributed by atoms with E-state index in [9.17, 15) is 22.8 Å². The van der Waals surface area contributed by atoms with Crippen molar-refractivity contribution in [2.75, 3.05) is 13.1 Å². The van der Waals surface area contributed by atoms with Gasteiger partial charge < -0.3 is 10.2 Å². The molecule has 0 bridgehead atoms. The number of amides is 2. The molecule has 30 heavy (non-hydrogen) atoms. The Bertz CT molecular complexity index is 887. The number of piperidine rings is 1. The minimum atomic E-state index is -4.39. The average Bonchev–Trinajstić information content (AvgIpc) is 3.16. The summed E-state index contributed by atoms with van der Waals surface area (Å²) < 4.78 is 38.3. The Balaban J connectivity index is 1.39. The van der Waals surface area contributed by atoms with E-state index in [1.54, 1.807) is 6.07 Å². The predicted octanol–water partition coefficient (Wildman–Crippen LogP) is 5.02. The molecule has 1 aromatic carbocycles. The SMILES string of the molecule is Cc1ccsc1C(=O)N1CCC(CCC(=O)NCc2cccc(C(F)(F)F)c2)CC1. The number of carbonyl (C=O) groups is 2. The molecular formula is C22H25F3N2O2S. The number of likely N-dealkylation sites (tertiary alicyclic amines) is 1. The molecule has 3 rings (SSSR count). The van der Waals surface area contributed by atoms with Crippen molar-refractivity contribution >= 4 is 23.2 Å². The summed E-state index contributed by atoms with van der Waals surface area (Å²) >= 11 is 1.47. The molecule has 0 atom stereocenters. The average molecular weight is 439 g/mol. The second-order valence-corrected chi connectivity index (χ2v) is 8.60. The largest absolute Gasteiger partial charge is 0.416 e. The van der Waals surface area contributed by atoms with Crippen molar-refractivity contribution in [1.82, 2.24) is 10.2 Å². The van der Waals surface area contributed by atoms with Crippen LogP contribution in [0.2, 0.25) is 0 Å². The highest BCUT2D eigenvalue weighted by molar-refractivity contribution is 7.12. The summed E-state index contributed by atoms with van der Waals surface area (Å²) in [6.07, 6.45) is -1.62. The van der Waals surface area contributed by atoms with Crippen LogP contribution in [0, 0.1) is 12.8 Å². The maximum atomic E-state index is 12.8. The van der Waals surface area contributed by atoms with E-state index in [2.05, 4.69) is 5.32 Å². The van der Waals surface area contributed by atoms with Crippen LogP contribution in [0.3, 0.4) is 0 Å². The number of nitrogens with one attached hydrogen (secondary N) is 1. The van der Waals surface area contributed by atoms with Gasteiger partial charge in [0.2, 0.25) is 5.91 Å². The van der Waals surface area contributed by atoms with Crippen molar-refractivity contribution < 1.29 is 22.8 Å². The van der Waals surface area contributed by atoms with E-state index in [1.807, 2.05) is 23.3 Å². The Morgan fingerprint density at radius 2 is 1.93 bits per heavy atom. The first-order valence-corrected chi connectivity index (χ1v) is 10.9. The quantitative estimate of drug-likeness (QED) is 0.688. The van der Waals surface area contributed by atoms with Gasteiger partial charge in [0.1, 0.15) is 0 Å². The predicted molar refractivity (Wildman–Crippen MR) is 110 cm³/mol. The molecule has 0 aliphatic carbocycles. The Hall–Kier alpha value is -2.35. The highest BCUT2D eigenvalue weighted by Gasteiger charge is 2.30. The lowest BCUT2D eigenvalue weighted by Crippen LogP contribution is -2.38. The number of rotatable bonds is 6. The highest BCUT2D eigenvalue weighted by Crippen LogP contribution is 2.29. The molecule has 1 aliphatic heterocycles. The van der Waals surface area contributed by atoms with E-state index in [0.29, 0.717) is 37.4 Å². The summed E-state index contributed by atoms with van der Waals surface area (Å²) in [6, 6.07) is 6.93. The highest BCUT2D eigenvalue weighted by atomic mass is 32.1. The molecule has 4 nitrogen and oxygen atoms in total. The van der Waals surface area contributed by atoms with Gasteiger partial charge in [-0.25, -0.2) is 0 Å². The van der Waals surface area contributed by atoms with E-state index in [-0.39, 0.29) is 18.4 Å². The Kier molecular flexibility index (Phi) is 7.18. The summed E-state index contributed by atoms with van der Waals surface area (Å²) in [7, 11) is 0. The number of aryl methyl sites for hydroxylation is 1. The third kappa shape index (κ3) is 5.84. The van der Waals surface area contributed by atoms with Gasteiger partial charge in [-0.05, 0) is 66.8 Å². The Labute approximate surface area is 178 Å². The molecule has 2 amide bonds. The maximum absolute atomic E-state index is 12.8. The van der Waals surface area contributed by atoms with Crippen LogP contribution < -0.4 is 5.32 Å². The van der Waals surface area contributed by atoms with Gasteiger partial charge >= 0.3 is 6.18 Å². The first-order chi connectivity index (χ1) is 14.2. The van der Waals surface area contributed by atoms with Crippen LogP contribution in [0.25, 0.3) is 0 Å². The molecule has 1 fully saturated rings. The first kappa shape index (κ1) is 22.3. The summed E-state index contributed by atoms with van der Waals surface area (Å²) in [5, 5.41) is 4.62. The van der Waals surface area contributed by atoms with Gasteiger partial charge in [-0.3, -0.25) is 9.59 Å². The number of halogens is 3. The lowest BCUT2D eigenvalue weighted by molar-refractivity contribution is -0.137. The van der Waals surface area contributed by atoms with Gasteiger partial charge in [0, 0.05) is 26.1 Å². The number of hydrogen-bond acceptors (Lipinski definition) is 3. The van der Waals surface area contributed by atoms with Gasteiger partial charge in [0.25, 0.3) is 5.91 Å². The van der Waals surface area contributed by atoms with E-state index in [0.717, 1.165) is 35.4 Å². The molecule has 2 heterocycles. The summed E-state index contributed by atoms with van der Waals surface area (Å²) in [4.78, 5) is 27.3. The van der Waals surface area contributed by atoms with Crippen molar-refractivity contribution in [2.24, 2.45) is 5.92 Å². The number of alkyl halides is 3. The maximum Gasteiger partial charge on any atom is 0.416 e. The van der Waals surface area contributed by atoms with Crippen LogP contribution in [0.4, 0.5) is 13.2 Å². The van der Waals surface area contributed by atoms with Crippen molar-refractivity contribution in [2.45, 2.75) is 45.3 Å². The molecule has 2 aromatic rings. The number of benzene rings is 1. The van der Waals surface area contributed by atoms with Crippen LogP contribution in [-0.4, -0.2) is 29.8 Å². The fraction of sp³-hybridized carbons (Fsp3) is 0.455. The normalized spacial score (nSPS) is 15.3. The minimum absolute atomic E-state index is 0.0792. The summed E-state index contributed by atoms with van der Waals surface area (Å²) in [5.74, 6) is 0.290. The zero-order valence-electron chi connectivity index (χ0n) is 16.8. The molecular weight excluding hydrogens is 413 g/mol. The molecule has 0 saturated carbocycles. The van der Waals surface area contributed by atoms with Gasteiger partial charge in [-0.15, -0.1) is 11.3 Å². The van der Waals surface area contributed by atoms with Crippen molar-refractivity contribution in [3.63, 3.8) is 0 Å². The second-order valence-electron chi connectivity index (χ2n) is 7.68. The van der Waals surface area contributed by atoms with Crippen molar-refractivity contribution in [1.29, 1.82) is 0 Å². The van der Waals surface area contributed by atoms with Crippen molar-refractivity contribution in [3.05, 3.63) is 57.3 Å². The number of nitrogens with zero attached hydrogens (tertiary/aromatic N) is 1. The van der Waals surface area contributed by atoms with Gasteiger partial charge in [0.05, 0.1) is 10.4 Å². The number of carbonyl (C=O) groups excluding carboxylic acids is 2. The van der Waals surface area contributed by atoms with Gasteiger partial charge in [-0.1, -0.05) is 12.1 Å². The topological polar surface area (TPSA) is 49.4 Å². The van der Waals surface area contributed by atoms with Crippen LogP contribution >= 0.6 is 11.3 Å². The molecule has 1 N–H and O–H groups in total. The lowest BCUT2D eigenvalue weighted by Gasteiger charge is -2.32. The molecule has 1 saturated heterocycles. The third-order valence-corrected chi connectivity index (χ3v) is 6.49. The van der Waals surface area contributed by atoms with E-state index in [4.69, 9.17) is 0 Å². The zero-order valence-corrected chi connectivity index (χ0v) is 17.6. The second kappa shape index (κ2) is 9.64. The van der Waals surface area contributed by atoms with Crippen molar-refractivity contribution in [3.8, 4) is 0 Å².